The van der Waals surface area contributed by atoms with Gasteiger partial charge in [-0.15, -0.1) is 17.8 Å². The van der Waals surface area contributed by atoms with Crippen LogP contribution in [0.3, 0.4) is 0 Å². The van der Waals surface area contributed by atoms with E-state index in [0.29, 0.717) is 0 Å². The highest BCUT2D eigenvalue weighted by Gasteiger charge is 2.42. The molecule has 2 aromatic rings. The zero-order valence-electron chi connectivity index (χ0n) is 13.4. The molecule has 0 saturated carbocycles. The van der Waals surface area contributed by atoms with Gasteiger partial charge in [0.15, 0.2) is 11.6 Å². The number of nitrogens with zero attached hydrogens (tertiary/aromatic N) is 2. The van der Waals surface area contributed by atoms with Crippen LogP contribution in [0.4, 0.5) is 10.2 Å². The summed E-state index contributed by atoms with van der Waals surface area (Å²) < 4.78 is 53.7. The molecular weight excluding hydrogens is 391 g/mol. The number of ether oxygens (including phenoxy) is 1. The molecule has 3 rings (SSSR count). The van der Waals surface area contributed by atoms with E-state index in [1.165, 1.54) is 5.51 Å². The largest absolute Gasteiger partial charge is 0.505 e. The van der Waals surface area contributed by atoms with Crippen molar-refractivity contribution in [2.24, 2.45) is 0 Å². The van der Waals surface area contributed by atoms with Gasteiger partial charge >= 0.3 is 0 Å². The first-order valence-electron chi connectivity index (χ1n) is 7.29. The van der Waals surface area contributed by atoms with Crippen molar-refractivity contribution in [1.82, 2.24) is 4.98 Å². The number of aliphatic hydroxyl groups excluding tert-OH is 1. The van der Waals surface area contributed by atoms with Crippen LogP contribution in [0, 0.1) is 18.2 Å². The Balaban J connectivity index is 2.40. The van der Waals surface area contributed by atoms with E-state index in [0.717, 1.165) is 27.8 Å². The summed E-state index contributed by atoms with van der Waals surface area (Å²) >= 11 is 6.95. The van der Waals surface area contributed by atoms with Crippen LogP contribution in [0.5, 0.6) is 5.75 Å². The van der Waals surface area contributed by atoms with Crippen LogP contribution in [0.25, 0.3) is 10.7 Å². The number of anilines is 1. The number of hydrogen-bond donors (Lipinski definition) is 1. The van der Waals surface area contributed by atoms with Gasteiger partial charge in [-0.2, -0.15) is 0 Å². The van der Waals surface area contributed by atoms with Crippen molar-refractivity contribution < 1.29 is 24.0 Å². The number of thiazole rings is 1. The lowest BCUT2D eigenvalue weighted by Crippen LogP contribution is -2.35. The number of sulfonamides is 1. The van der Waals surface area contributed by atoms with Crippen molar-refractivity contribution in [2.45, 2.75) is 0 Å². The molecule has 0 atom stereocenters. The van der Waals surface area contributed by atoms with Crippen LogP contribution in [0.2, 0.25) is 5.02 Å². The molecule has 0 spiro atoms. The first kappa shape index (κ1) is 16.2. The highest BCUT2D eigenvalue weighted by molar-refractivity contribution is 8.02. The predicted octanol–water partition coefficient (Wildman–Crippen LogP) is 3.11. The number of aromatic nitrogens is 1. The number of methoxy groups -OCH3 is 1. The molecule has 6 nitrogen and oxygen atoms in total. The Morgan fingerprint density at radius 1 is 1.60 bits per heavy atom. The van der Waals surface area contributed by atoms with Crippen LogP contribution in [0.15, 0.2) is 17.6 Å². The molecule has 2 heterocycles. The summed E-state index contributed by atoms with van der Waals surface area (Å²) in [5.41, 5.74) is 0.765. The molecule has 0 amide bonds. The average molecular weight is 402 g/mol. The summed E-state index contributed by atoms with van der Waals surface area (Å²) in [5.74, 6) is 0.122. The fourth-order valence-corrected chi connectivity index (χ4v) is 5.10. The summed E-state index contributed by atoms with van der Waals surface area (Å²) in [5, 5.41) is 10.5. The molecule has 1 aliphatic heterocycles. The van der Waals surface area contributed by atoms with Gasteiger partial charge in [-0.1, -0.05) is 17.5 Å². The van der Waals surface area contributed by atoms with Gasteiger partial charge in [-0.3, -0.25) is 0 Å². The highest BCUT2D eigenvalue weighted by Crippen LogP contribution is 2.47. The van der Waals surface area contributed by atoms with E-state index in [9.17, 15) is 17.9 Å². The number of hydrogen-bond acceptors (Lipinski definition) is 6. The fraction of sp³-hybridized carbons (Fsp3) is 0.133. The van der Waals surface area contributed by atoms with E-state index >= 15 is 0 Å². The molecule has 0 unspecified atom stereocenters. The van der Waals surface area contributed by atoms with Gasteiger partial charge in [0.05, 0.1) is 31.1 Å². The molecule has 0 radical (unpaired) electrons. The van der Waals surface area contributed by atoms with Crippen LogP contribution >= 0.6 is 22.9 Å². The summed E-state index contributed by atoms with van der Waals surface area (Å²) in [6.45, 7) is -0.368. The minimum Gasteiger partial charge on any atom is -0.505 e. The number of rotatable bonds is 3. The smallest absolute Gasteiger partial charge is 0.271 e. The number of terminal acetylenes is 1. The zero-order valence-corrected chi connectivity index (χ0v) is 14.8. The molecular formula is C15H10ClFN2O4S2. The van der Waals surface area contributed by atoms with Crippen LogP contribution in [-0.2, 0) is 10.0 Å². The van der Waals surface area contributed by atoms with Crippen LogP contribution in [-0.4, -0.2) is 32.1 Å². The van der Waals surface area contributed by atoms with Gasteiger partial charge in [0.1, 0.15) is 21.3 Å². The number of fused-ring (bicyclic) bond motifs is 1. The standard InChI is InChI=1S/C15H10ClFN2O4S2/c1-3-6-19-15-13(24-7-18-15)11(20)14(25(19,21)22)10-9(17)5-4-8(16)12(10)23-2/h1,4-5,7,20H,6H2,2H3/i2D. The molecule has 0 fully saturated rings. The van der Waals surface area contributed by atoms with Crippen molar-refractivity contribution in [3.05, 3.63) is 38.9 Å². The van der Waals surface area contributed by atoms with Crippen molar-refractivity contribution in [3.63, 3.8) is 0 Å². The summed E-state index contributed by atoms with van der Waals surface area (Å²) in [6.07, 6.45) is 5.25. The average Bonchev–Trinajstić information content (AvgIpc) is 3.07. The van der Waals surface area contributed by atoms with Crippen molar-refractivity contribution in [3.8, 4) is 18.1 Å². The Kier molecular flexibility index (Phi) is 4.03. The van der Waals surface area contributed by atoms with Crippen molar-refractivity contribution in [2.75, 3.05) is 17.9 Å². The lowest BCUT2D eigenvalue weighted by molar-refractivity contribution is 0.409. The maximum absolute atomic E-state index is 14.6. The highest BCUT2D eigenvalue weighted by atomic mass is 35.5. The second-order valence-electron chi connectivity index (χ2n) is 4.78. The SMILES string of the molecule is [2H]COc1c(Cl)ccc(F)c1C1=C(O)c2scnc2N(CC#C)S1(=O)=O. The van der Waals surface area contributed by atoms with E-state index < -0.39 is 39.2 Å². The molecule has 1 aliphatic rings. The quantitative estimate of drug-likeness (QED) is 0.799. The molecule has 1 aromatic carbocycles. The first-order valence-corrected chi connectivity index (χ1v) is 9.28. The van der Waals surface area contributed by atoms with Gasteiger partial charge in [-0.25, -0.2) is 22.1 Å². The monoisotopic (exact) mass is 401 g/mol. The molecule has 0 aliphatic carbocycles. The molecule has 10 heteroatoms. The van der Waals surface area contributed by atoms with E-state index in [-0.39, 0.29) is 28.0 Å². The third-order valence-electron chi connectivity index (χ3n) is 3.43. The summed E-state index contributed by atoms with van der Waals surface area (Å²) in [7, 11) is -5.10. The molecule has 0 saturated heterocycles. The normalized spacial score (nSPS) is 16.2. The molecule has 1 aromatic heterocycles. The Labute approximate surface area is 153 Å². The Bertz CT molecular complexity index is 1060. The summed E-state index contributed by atoms with van der Waals surface area (Å²) in [6, 6.07) is 2.10. The number of aliphatic hydroxyl groups is 1. The second-order valence-corrected chi connectivity index (χ2v) is 7.84. The molecule has 130 valence electrons. The molecule has 1 N–H and O–H groups in total. The van der Waals surface area contributed by atoms with Crippen molar-refractivity contribution in [1.29, 1.82) is 0 Å². The Morgan fingerprint density at radius 3 is 3.04 bits per heavy atom. The second kappa shape index (κ2) is 6.22. The zero-order chi connectivity index (χ0) is 19.1. The number of benzene rings is 1. The molecule has 25 heavy (non-hydrogen) atoms. The number of halogens is 2. The van der Waals surface area contributed by atoms with E-state index in [2.05, 4.69) is 10.9 Å². The maximum Gasteiger partial charge on any atom is 0.271 e. The van der Waals surface area contributed by atoms with Gasteiger partial charge in [-0.05, 0) is 12.1 Å². The van der Waals surface area contributed by atoms with Gasteiger partial charge in [0.25, 0.3) is 10.0 Å². The van der Waals surface area contributed by atoms with E-state index in [1.807, 2.05) is 0 Å². The third-order valence-corrected chi connectivity index (χ3v) is 6.34. The predicted molar refractivity (Wildman–Crippen MR) is 94.6 cm³/mol. The fourth-order valence-electron chi connectivity index (χ4n) is 2.41. The van der Waals surface area contributed by atoms with Crippen LogP contribution < -0.4 is 9.04 Å². The van der Waals surface area contributed by atoms with Crippen LogP contribution in [0.1, 0.15) is 11.8 Å². The molecule has 0 bridgehead atoms. The van der Waals surface area contributed by atoms with Gasteiger partial charge in [0, 0.05) is 0 Å². The van der Waals surface area contributed by atoms with Gasteiger partial charge in [0.2, 0.25) is 0 Å². The third kappa shape index (κ3) is 2.54. The lowest BCUT2D eigenvalue weighted by Gasteiger charge is -2.28. The maximum atomic E-state index is 14.6. The summed E-state index contributed by atoms with van der Waals surface area (Å²) in [4.78, 5) is 3.29. The lowest BCUT2D eigenvalue weighted by atomic mass is 10.1. The van der Waals surface area contributed by atoms with E-state index in [4.69, 9.17) is 24.1 Å². The minimum atomic E-state index is -4.47. The minimum absolute atomic E-state index is 0.0420. The Hall–Kier alpha value is -2.28. The first-order chi connectivity index (χ1) is 12.3. The van der Waals surface area contributed by atoms with E-state index in [1.54, 1.807) is 0 Å². The van der Waals surface area contributed by atoms with Gasteiger partial charge < -0.3 is 9.84 Å². The topological polar surface area (TPSA) is 79.7 Å². The Morgan fingerprint density at radius 2 is 2.36 bits per heavy atom. The van der Waals surface area contributed by atoms with Crippen molar-refractivity contribution >= 4 is 49.4 Å².